The molecule has 0 heterocycles. The second-order valence-corrected chi connectivity index (χ2v) is 11.4. The first-order valence-electron chi connectivity index (χ1n) is 11.9. The van der Waals surface area contributed by atoms with Gasteiger partial charge in [-0.15, -0.1) is 0 Å². The van der Waals surface area contributed by atoms with Crippen LogP contribution in [0.4, 0.5) is 9.59 Å². The minimum absolute atomic E-state index is 0.0488. The van der Waals surface area contributed by atoms with Crippen molar-refractivity contribution in [1.82, 2.24) is 10.2 Å². The molecule has 0 bridgehead atoms. The maximum Gasteiger partial charge on any atom is 0.410 e. The summed E-state index contributed by atoms with van der Waals surface area (Å²) >= 11 is 0. The van der Waals surface area contributed by atoms with Gasteiger partial charge in [0.05, 0.1) is 11.6 Å². The molecule has 0 aliphatic rings. The van der Waals surface area contributed by atoms with Gasteiger partial charge in [-0.25, -0.2) is 14.4 Å². The lowest BCUT2D eigenvalue weighted by atomic mass is 9.85. The Morgan fingerprint density at radius 1 is 0.971 bits per heavy atom. The maximum atomic E-state index is 12.9. The van der Waals surface area contributed by atoms with Crippen molar-refractivity contribution in [2.75, 3.05) is 6.54 Å². The van der Waals surface area contributed by atoms with Crippen molar-refractivity contribution in [3.63, 3.8) is 0 Å². The van der Waals surface area contributed by atoms with E-state index in [9.17, 15) is 19.5 Å². The third-order valence-corrected chi connectivity index (χ3v) is 4.89. The van der Waals surface area contributed by atoms with Crippen LogP contribution in [0.15, 0.2) is 42.0 Å². The van der Waals surface area contributed by atoms with E-state index in [4.69, 9.17) is 9.47 Å². The molecule has 0 aromatic heterocycles. The molecule has 0 fully saturated rings. The van der Waals surface area contributed by atoms with E-state index in [0.717, 1.165) is 5.56 Å². The molecule has 0 saturated heterocycles. The molecule has 2 amide bonds. The molecule has 1 aromatic carbocycles. The third-order valence-electron chi connectivity index (χ3n) is 4.89. The molecule has 0 saturated carbocycles. The summed E-state index contributed by atoms with van der Waals surface area (Å²) < 4.78 is 10.8. The molecule has 2 N–H and O–H groups in total. The van der Waals surface area contributed by atoms with Crippen LogP contribution in [0.3, 0.4) is 0 Å². The predicted molar refractivity (Wildman–Crippen MR) is 136 cm³/mol. The Balaban J connectivity index is 3.02. The molecule has 8 heteroatoms. The average molecular weight is 491 g/mol. The summed E-state index contributed by atoms with van der Waals surface area (Å²) in [5.41, 5.74) is -0.907. The quantitative estimate of drug-likeness (QED) is 0.426. The molecular weight excluding hydrogens is 448 g/mol. The number of carboxylic acid groups (broad SMARTS) is 1. The largest absolute Gasteiger partial charge is 0.478 e. The molecule has 1 rings (SSSR count). The zero-order valence-electron chi connectivity index (χ0n) is 22.6. The van der Waals surface area contributed by atoms with Gasteiger partial charge in [0.15, 0.2) is 0 Å². The zero-order chi connectivity index (χ0) is 27.0. The first kappa shape index (κ1) is 30.0. The summed E-state index contributed by atoms with van der Waals surface area (Å²) in [4.78, 5) is 38.6. The lowest BCUT2D eigenvalue weighted by Crippen LogP contribution is -2.40. The van der Waals surface area contributed by atoms with E-state index in [1.54, 1.807) is 38.7 Å². The van der Waals surface area contributed by atoms with Gasteiger partial charge in [-0.05, 0) is 65.9 Å². The lowest BCUT2D eigenvalue weighted by Gasteiger charge is -2.31. The molecule has 1 aromatic rings. The van der Waals surface area contributed by atoms with E-state index in [0.29, 0.717) is 19.5 Å². The molecule has 0 aliphatic carbocycles. The predicted octanol–water partition coefficient (Wildman–Crippen LogP) is 5.76. The SMILES string of the molecule is CC(NC(=O)OC(C)(C)C)/C(=C/C(C)(C)CCN(Cc1ccccc1)C(=O)OC(C)(C)C)C(=O)O. The Morgan fingerprint density at radius 3 is 2.00 bits per heavy atom. The number of carbonyl (C=O) groups excluding carboxylic acids is 2. The van der Waals surface area contributed by atoms with Crippen molar-refractivity contribution in [2.24, 2.45) is 5.41 Å². The number of aliphatic carboxylic acids is 1. The monoisotopic (exact) mass is 490 g/mol. The second kappa shape index (κ2) is 12.1. The number of nitrogens with zero attached hydrogens (tertiary/aromatic N) is 1. The summed E-state index contributed by atoms with van der Waals surface area (Å²) in [5.74, 6) is -1.13. The number of alkyl carbamates (subject to hydrolysis) is 1. The van der Waals surface area contributed by atoms with E-state index in [1.165, 1.54) is 0 Å². The van der Waals surface area contributed by atoms with Gasteiger partial charge in [0.25, 0.3) is 0 Å². The fourth-order valence-corrected chi connectivity index (χ4v) is 3.22. The van der Waals surface area contributed by atoms with Crippen molar-refractivity contribution in [1.29, 1.82) is 0 Å². The molecule has 0 radical (unpaired) electrons. The summed E-state index contributed by atoms with van der Waals surface area (Å²) in [6.45, 7) is 16.8. The Hall–Kier alpha value is -3.03. The fourth-order valence-electron chi connectivity index (χ4n) is 3.22. The highest BCUT2D eigenvalue weighted by Gasteiger charge is 2.28. The van der Waals surface area contributed by atoms with E-state index in [-0.39, 0.29) is 5.57 Å². The van der Waals surface area contributed by atoms with Gasteiger partial charge in [0.1, 0.15) is 11.2 Å². The van der Waals surface area contributed by atoms with Gasteiger partial charge in [-0.3, -0.25) is 0 Å². The van der Waals surface area contributed by atoms with Crippen LogP contribution in [0, 0.1) is 5.41 Å². The van der Waals surface area contributed by atoms with Gasteiger partial charge in [-0.2, -0.15) is 0 Å². The van der Waals surface area contributed by atoms with Crippen LogP contribution in [0.5, 0.6) is 0 Å². The van der Waals surface area contributed by atoms with Crippen LogP contribution in [0.1, 0.15) is 74.3 Å². The van der Waals surface area contributed by atoms with Crippen molar-refractivity contribution in [2.45, 2.75) is 92.5 Å². The summed E-state index contributed by atoms with van der Waals surface area (Å²) in [7, 11) is 0. The molecular formula is C27H42N2O6. The van der Waals surface area contributed by atoms with Gasteiger partial charge in [0, 0.05) is 13.1 Å². The topological polar surface area (TPSA) is 105 Å². The maximum absolute atomic E-state index is 12.9. The summed E-state index contributed by atoms with van der Waals surface area (Å²) in [6.07, 6.45) is 0.996. The summed E-state index contributed by atoms with van der Waals surface area (Å²) in [5, 5.41) is 12.4. The molecule has 196 valence electrons. The summed E-state index contributed by atoms with van der Waals surface area (Å²) in [6, 6.07) is 8.84. The third kappa shape index (κ3) is 12.3. The van der Waals surface area contributed by atoms with E-state index in [2.05, 4.69) is 5.32 Å². The van der Waals surface area contributed by atoms with Crippen molar-refractivity contribution in [3.8, 4) is 0 Å². The van der Waals surface area contributed by atoms with E-state index in [1.807, 2.05) is 65.0 Å². The number of hydrogen-bond donors (Lipinski definition) is 2. The van der Waals surface area contributed by atoms with Crippen LogP contribution in [-0.2, 0) is 20.8 Å². The Labute approximate surface area is 209 Å². The van der Waals surface area contributed by atoms with Crippen LogP contribution < -0.4 is 5.32 Å². The number of nitrogens with one attached hydrogen (secondary N) is 1. The molecule has 35 heavy (non-hydrogen) atoms. The Bertz CT molecular complexity index is 894. The van der Waals surface area contributed by atoms with Gasteiger partial charge < -0.3 is 24.8 Å². The number of benzene rings is 1. The number of rotatable bonds is 9. The molecule has 1 unspecified atom stereocenters. The number of carboxylic acids is 1. The van der Waals surface area contributed by atoms with Crippen molar-refractivity contribution >= 4 is 18.2 Å². The average Bonchev–Trinajstić information content (AvgIpc) is 2.67. The highest BCUT2D eigenvalue weighted by Crippen LogP contribution is 2.27. The number of hydrogen-bond acceptors (Lipinski definition) is 5. The fraction of sp³-hybridized carbons (Fsp3) is 0.593. The minimum Gasteiger partial charge on any atom is -0.478 e. The highest BCUT2D eigenvalue weighted by atomic mass is 16.6. The normalized spacial score (nSPS) is 13.6. The first-order chi connectivity index (χ1) is 15.9. The van der Waals surface area contributed by atoms with Crippen LogP contribution in [0.25, 0.3) is 0 Å². The number of ether oxygens (including phenoxy) is 2. The zero-order valence-corrected chi connectivity index (χ0v) is 22.6. The van der Waals surface area contributed by atoms with Crippen LogP contribution >= 0.6 is 0 Å². The van der Waals surface area contributed by atoms with Gasteiger partial charge in [0.2, 0.25) is 0 Å². The standard InChI is InChI=1S/C27H42N2O6/c1-19(28-23(32)34-25(2,3)4)21(22(30)31)17-27(8,9)15-16-29(24(33)35-26(5,6)7)18-20-13-11-10-12-14-20/h10-14,17,19H,15-16,18H2,1-9H3,(H,28,32)(H,30,31)/b21-17-. The second-order valence-electron chi connectivity index (χ2n) is 11.4. The molecule has 0 spiro atoms. The van der Waals surface area contributed by atoms with Crippen LogP contribution in [-0.4, -0.2) is 52.0 Å². The molecule has 0 aliphatic heterocycles. The Kier molecular flexibility index (Phi) is 10.4. The van der Waals surface area contributed by atoms with Crippen molar-refractivity contribution in [3.05, 3.63) is 47.5 Å². The lowest BCUT2D eigenvalue weighted by molar-refractivity contribution is -0.133. The highest BCUT2D eigenvalue weighted by molar-refractivity contribution is 5.89. The van der Waals surface area contributed by atoms with Crippen molar-refractivity contribution < 1.29 is 29.0 Å². The molecule has 1 atom stereocenters. The number of amides is 2. The van der Waals surface area contributed by atoms with E-state index >= 15 is 0 Å². The van der Waals surface area contributed by atoms with Gasteiger partial charge >= 0.3 is 18.2 Å². The first-order valence-corrected chi connectivity index (χ1v) is 11.9. The van der Waals surface area contributed by atoms with Crippen LogP contribution in [0.2, 0.25) is 0 Å². The smallest absolute Gasteiger partial charge is 0.410 e. The number of carbonyl (C=O) groups is 3. The Morgan fingerprint density at radius 2 is 1.51 bits per heavy atom. The molecule has 8 nitrogen and oxygen atoms in total. The minimum atomic E-state index is -1.13. The van der Waals surface area contributed by atoms with Gasteiger partial charge in [-0.1, -0.05) is 50.3 Å². The van der Waals surface area contributed by atoms with E-state index < -0.39 is 40.8 Å². The number of allylic oxidation sites excluding steroid dienone is 1.